The molecule has 7 amide bonds. The zero-order chi connectivity index (χ0) is 64.3. The minimum absolute atomic E-state index is 0.0462. The molecule has 0 aliphatic heterocycles. The van der Waals surface area contributed by atoms with E-state index in [9.17, 15) is 71.9 Å². The molecule has 23 heteroatoms. The Bertz CT molecular complexity index is 1870. The van der Waals surface area contributed by atoms with Gasteiger partial charge >= 0.3 is 0 Å². The lowest BCUT2D eigenvalue weighted by molar-refractivity contribution is -0.138. The van der Waals surface area contributed by atoms with Crippen molar-refractivity contribution in [2.24, 2.45) is 0 Å². The molecule has 0 N–H and O–H groups in total. The van der Waals surface area contributed by atoms with Crippen LogP contribution >= 0.6 is 11.8 Å². The quantitative estimate of drug-likeness (QED) is 0.0692. The molecule has 0 heterocycles. The van der Waals surface area contributed by atoms with Gasteiger partial charge in [0.1, 0.15) is 46.3 Å². The lowest BCUT2D eigenvalue weighted by atomic mass is 10.1. The molecule has 0 fully saturated rings. The highest BCUT2D eigenvalue weighted by atomic mass is 32.2. The number of hydrogen-bond donors (Lipinski definition) is 0. The molecule has 0 saturated carbocycles. The molecule has 22 nitrogen and oxygen atoms in total. The molecule has 0 aromatic carbocycles. The third kappa shape index (κ3) is 35.9. The predicted molar refractivity (Wildman–Crippen MR) is 326 cm³/mol. The largest absolute Gasteiger partial charge is 0.342 e. The molecular formula is C62H103N7O15S. The van der Waals surface area contributed by atoms with Crippen molar-refractivity contribution in [1.29, 1.82) is 0 Å². The van der Waals surface area contributed by atoms with E-state index in [-0.39, 0.29) is 291 Å². The van der Waals surface area contributed by atoms with Gasteiger partial charge in [-0.05, 0) is 6.26 Å². The first-order valence-corrected chi connectivity index (χ1v) is 32.4. The van der Waals surface area contributed by atoms with Gasteiger partial charge in [-0.2, -0.15) is 11.8 Å². The van der Waals surface area contributed by atoms with Crippen LogP contribution in [-0.4, -0.2) is 226 Å². The summed E-state index contributed by atoms with van der Waals surface area (Å²) in [5.74, 6) is -3.35. The van der Waals surface area contributed by atoms with Gasteiger partial charge in [0.15, 0.2) is 0 Å². The summed E-state index contributed by atoms with van der Waals surface area (Å²) >= 11 is 1.41. The van der Waals surface area contributed by atoms with E-state index in [4.69, 9.17) is 0 Å². The van der Waals surface area contributed by atoms with E-state index in [1.54, 1.807) is 55.4 Å². The number of hydrogen-bond acceptors (Lipinski definition) is 16. The molecule has 0 spiro atoms. The van der Waals surface area contributed by atoms with Crippen LogP contribution in [0.2, 0.25) is 0 Å². The van der Waals surface area contributed by atoms with Gasteiger partial charge in [0.2, 0.25) is 41.4 Å². The van der Waals surface area contributed by atoms with E-state index in [2.05, 4.69) is 0 Å². The zero-order valence-electron chi connectivity index (χ0n) is 53.0. The molecule has 482 valence electrons. The fraction of sp³-hybridized carbons (Fsp3) is 0.758. The van der Waals surface area contributed by atoms with Crippen LogP contribution in [0, 0.1) is 0 Å². The molecule has 0 bridgehead atoms. The van der Waals surface area contributed by atoms with Crippen molar-refractivity contribution in [3.8, 4) is 0 Å². The molecule has 0 aliphatic carbocycles. The Hall–Kier alpha value is -6.00. The summed E-state index contributed by atoms with van der Waals surface area (Å²) in [6, 6.07) is 0. The van der Waals surface area contributed by atoms with Crippen molar-refractivity contribution >= 4 is 99.4 Å². The molecule has 0 aromatic heterocycles. The Kier molecular flexibility index (Phi) is 43.9. The molecule has 0 aliphatic rings. The van der Waals surface area contributed by atoms with Crippen LogP contribution in [-0.2, 0) is 71.9 Å². The lowest BCUT2D eigenvalue weighted by Gasteiger charge is -2.30. The molecule has 0 atom stereocenters. The summed E-state index contributed by atoms with van der Waals surface area (Å²) in [5.41, 5.74) is 0. The van der Waals surface area contributed by atoms with Crippen molar-refractivity contribution in [3.05, 3.63) is 0 Å². The summed E-state index contributed by atoms with van der Waals surface area (Å²) in [6.45, 7) is 13.1. The Morgan fingerprint density at radius 3 is 0.435 bits per heavy atom. The van der Waals surface area contributed by atoms with E-state index in [1.807, 2.05) is 6.26 Å². The Balaban J connectivity index is 7.14. The number of nitrogens with zero attached hydrogens (tertiary/aromatic N) is 7. The molecule has 0 saturated heterocycles. The van der Waals surface area contributed by atoms with E-state index in [0.717, 1.165) is 0 Å². The van der Waals surface area contributed by atoms with Crippen LogP contribution in [0.15, 0.2) is 0 Å². The van der Waals surface area contributed by atoms with Crippen LogP contribution in [0.4, 0.5) is 0 Å². The third-order valence-electron chi connectivity index (χ3n) is 15.0. The van der Waals surface area contributed by atoms with E-state index in [0.29, 0.717) is 5.75 Å². The highest BCUT2D eigenvalue weighted by Gasteiger charge is 2.27. The first kappa shape index (κ1) is 79.0. The van der Waals surface area contributed by atoms with Crippen LogP contribution in [0.25, 0.3) is 0 Å². The first-order valence-electron chi connectivity index (χ1n) is 31.0. The minimum atomic E-state index is -0.535. The maximum atomic E-state index is 14.5. The second kappa shape index (κ2) is 47.2. The average molecular weight is 1220 g/mol. The lowest BCUT2D eigenvalue weighted by Crippen LogP contribution is -2.44. The third-order valence-corrected chi connectivity index (χ3v) is 15.6. The summed E-state index contributed by atoms with van der Waals surface area (Å²) in [4.78, 5) is 207. The van der Waals surface area contributed by atoms with Gasteiger partial charge in [0, 0.05) is 245 Å². The standard InChI is InChI=1S/C62H103N7O15S/c1-10-48(70)18-33-63(34-19-49(71)11-2)56(78)26-41-67(42-27-57(79)64(35-20-50(72)12-3)36-21-51(73)13-4)60(82)30-45-69(62(84)32-47-85-9)46-31-61(83)68(43-28-58(80)65(37-22-52(74)14-5)38-23-53(75)15-6)44-29-59(81)66(39-24-54(76)16-7)40-25-55(77)17-8/h10-47H2,1-9H3. The average Bonchev–Trinajstić information content (AvgIpc) is 3.55. The molecular weight excluding hydrogens is 1110 g/mol. The second-order valence-electron chi connectivity index (χ2n) is 21.0. The van der Waals surface area contributed by atoms with Crippen LogP contribution in [0.3, 0.4) is 0 Å². The van der Waals surface area contributed by atoms with E-state index >= 15 is 0 Å². The highest BCUT2D eigenvalue weighted by molar-refractivity contribution is 7.98. The maximum absolute atomic E-state index is 14.5. The van der Waals surface area contributed by atoms with Crippen LogP contribution in [0.5, 0.6) is 0 Å². The molecule has 0 rings (SSSR count). The fourth-order valence-corrected chi connectivity index (χ4v) is 9.08. The van der Waals surface area contributed by atoms with Gasteiger partial charge in [-0.15, -0.1) is 0 Å². The van der Waals surface area contributed by atoms with Crippen molar-refractivity contribution in [2.75, 3.05) is 104 Å². The highest BCUT2D eigenvalue weighted by Crippen LogP contribution is 2.14. The molecule has 85 heavy (non-hydrogen) atoms. The van der Waals surface area contributed by atoms with Crippen LogP contribution in [0.1, 0.15) is 203 Å². The number of carbonyl (C=O) groups is 15. The van der Waals surface area contributed by atoms with Crippen molar-refractivity contribution in [2.45, 2.75) is 203 Å². The monoisotopic (exact) mass is 1220 g/mol. The summed E-state index contributed by atoms with van der Waals surface area (Å²) in [5, 5.41) is 0. The molecule has 0 unspecified atom stereocenters. The van der Waals surface area contributed by atoms with Gasteiger partial charge in [0.05, 0.1) is 0 Å². The Labute approximate surface area is 510 Å². The van der Waals surface area contributed by atoms with Gasteiger partial charge in [-0.3, -0.25) is 71.9 Å². The number of carbonyl (C=O) groups excluding carboxylic acids is 15. The number of ketones is 8. The predicted octanol–water partition coefficient (Wildman–Crippen LogP) is 5.83. The maximum Gasteiger partial charge on any atom is 0.224 e. The minimum Gasteiger partial charge on any atom is -0.342 e. The normalized spacial score (nSPS) is 10.8. The van der Waals surface area contributed by atoms with Gasteiger partial charge in [-0.1, -0.05) is 55.4 Å². The van der Waals surface area contributed by atoms with Gasteiger partial charge < -0.3 is 34.3 Å². The molecule has 0 radical (unpaired) electrons. The zero-order valence-corrected chi connectivity index (χ0v) is 53.8. The van der Waals surface area contributed by atoms with Gasteiger partial charge in [0.25, 0.3) is 0 Å². The molecule has 0 aromatic rings. The second-order valence-corrected chi connectivity index (χ2v) is 22.0. The smallest absolute Gasteiger partial charge is 0.224 e. The number of Topliss-reactive ketones (excluding diaryl/α,β-unsaturated/α-hetero) is 8. The first-order chi connectivity index (χ1) is 40.5. The topological polar surface area (TPSA) is 279 Å². The Morgan fingerprint density at radius 1 is 0.200 bits per heavy atom. The Morgan fingerprint density at radius 2 is 0.318 bits per heavy atom. The van der Waals surface area contributed by atoms with Crippen molar-refractivity contribution < 1.29 is 71.9 Å². The van der Waals surface area contributed by atoms with Crippen LogP contribution < -0.4 is 0 Å². The summed E-state index contributed by atoms with van der Waals surface area (Å²) in [7, 11) is 0. The number of rotatable bonds is 53. The van der Waals surface area contributed by atoms with E-state index in [1.165, 1.54) is 46.1 Å². The van der Waals surface area contributed by atoms with E-state index < -0.39 is 35.4 Å². The fourth-order valence-electron chi connectivity index (χ4n) is 8.70. The van der Waals surface area contributed by atoms with Crippen molar-refractivity contribution in [1.82, 2.24) is 34.3 Å². The number of amides is 7. The van der Waals surface area contributed by atoms with Gasteiger partial charge in [-0.25, -0.2) is 0 Å². The summed E-state index contributed by atoms with van der Waals surface area (Å²) < 4.78 is 0. The SMILES string of the molecule is CCC(=O)CCN(CCC(=O)CC)C(=O)CCN(CCC(=O)N(CCC(=O)CC)CCC(=O)CC)C(=O)CCN(CCC(=O)N(CCC(=O)N(CCC(=O)CC)CCC(=O)CC)CCC(=O)N(CCC(=O)CC)CCC(=O)CC)C(=O)CCSC. The summed E-state index contributed by atoms with van der Waals surface area (Å²) in [6.07, 6.45) is 2.94. The number of thioether (sulfide) groups is 1. The van der Waals surface area contributed by atoms with Crippen molar-refractivity contribution in [3.63, 3.8) is 0 Å².